The van der Waals surface area contributed by atoms with Gasteiger partial charge in [0.1, 0.15) is 11.8 Å². The van der Waals surface area contributed by atoms with E-state index >= 15 is 0 Å². The van der Waals surface area contributed by atoms with Crippen molar-refractivity contribution in [1.29, 1.82) is 0 Å². The van der Waals surface area contributed by atoms with Crippen molar-refractivity contribution < 1.29 is 9.53 Å². The third-order valence-electron chi connectivity index (χ3n) is 4.95. The second-order valence-electron chi connectivity index (χ2n) is 7.25. The highest BCUT2D eigenvalue weighted by atomic mass is 32.2. The minimum absolute atomic E-state index is 0.236. The van der Waals surface area contributed by atoms with Crippen molar-refractivity contribution >= 4 is 29.3 Å². The van der Waals surface area contributed by atoms with Crippen molar-refractivity contribution in [3.8, 4) is 5.75 Å². The van der Waals surface area contributed by atoms with Crippen LogP contribution in [0, 0.1) is 0 Å². The molecule has 8 nitrogen and oxygen atoms in total. The Morgan fingerprint density at radius 3 is 2.84 bits per heavy atom. The predicted molar refractivity (Wildman–Crippen MR) is 126 cm³/mol. The third-order valence-corrected chi connectivity index (χ3v) is 5.99. The van der Waals surface area contributed by atoms with Gasteiger partial charge in [-0.25, -0.2) is 4.68 Å². The van der Waals surface area contributed by atoms with Crippen LogP contribution in [0.2, 0.25) is 0 Å². The molecule has 0 bridgehead atoms. The molecule has 3 heterocycles. The van der Waals surface area contributed by atoms with Crippen LogP contribution in [0.1, 0.15) is 38.8 Å². The lowest BCUT2D eigenvalue weighted by Gasteiger charge is -2.28. The van der Waals surface area contributed by atoms with E-state index < -0.39 is 6.04 Å². The molecule has 1 aliphatic rings. The van der Waals surface area contributed by atoms with Gasteiger partial charge in [0.05, 0.1) is 17.9 Å². The number of pyridine rings is 1. The average molecular weight is 451 g/mol. The first-order chi connectivity index (χ1) is 15.6. The van der Waals surface area contributed by atoms with Crippen molar-refractivity contribution in [3.05, 3.63) is 65.6 Å². The minimum atomic E-state index is -0.456. The van der Waals surface area contributed by atoms with Gasteiger partial charge in [-0.2, -0.15) is 4.98 Å². The van der Waals surface area contributed by atoms with Gasteiger partial charge in [-0.3, -0.25) is 9.78 Å². The summed E-state index contributed by atoms with van der Waals surface area (Å²) in [6, 6.07) is 10.8. The molecular formula is C23H26N6O2S. The summed E-state index contributed by atoms with van der Waals surface area (Å²) < 4.78 is 7.44. The van der Waals surface area contributed by atoms with E-state index in [0.717, 1.165) is 23.4 Å². The summed E-state index contributed by atoms with van der Waals surface area (Å²) in [6.45, 7) is 6.42. The highest BCUT2D eigenvalue weighted by Gasteiger charge is 2.34. The number of allylic oxidation sites excluding steroid dienone is 1. The van der Waals surface area contributed by atoms with Gasteiger partial charge in [0.2, 0.25) is 11.1 Å². The Labute approximate surface area is 191 Å². The van der Waals surface area contributed by atoms with E-state index in [9.17, 15) is 4.79 Å². The fourth-order valence-electron chi connectivity index (χ4n) is 3.57. The molecule has 1 unspecified atom stereocenters. The second-order valence-corrected chi connectivity index (χ2v) is 8.31. The van der Waals surface area contributed by atoms with Crippen molar-refractivity contribution in [2.24, 2.45) is 0 Å². The number of carbonyl (C=O) groups is 1. The number of nitrogens with zero attached hydrogens (tertiary/aromatic N) is 4. The van der Waals surface area contributed by atoms with Crippen LogP contribution in [0.3, 0.4) is 0 Å². The number of aromatic nitrogens is 4. The zero-order chi connectivity index (χ0) is 22.5. The monoisotopic (exact) mass is 450 g/mol. The molecule has 1 aliphatic heterocycles. The summed E-state index contributed by atoms with van der Waals surface area (Å²) in [7, 11) is 0. The van der Waals surface area contributed by atoms with Crippen LogP contribution in [-0.2, 0) is 4.79 Å². The van der Waals surface area contributed by atoms with E-state index in [2.05, 4.69) is 27.5 Å². The maximum Gasteiger partial charge on any atom is 0.255 e. The van der Waals surface area contributed by atoms with Gasteiger partial charge in [-0.15, -0.1) is 5.10 Å². The van der Waals surface area contributed by atoms with Crippen molar-refractivity contribution in [2.75, 3.05) is 23.0 Å². The molecule has 0 aliphatic carbocycles. The van der Waals surface area contributed by atoms with Crippen LogP contribution >= 0.6 is 11.8 Å². The molecule has 1 atom stereocenters. The fraction of sp³-hybridized carbons (Fsp3) is 0.304. The number of benzene rings is 1. The van der Waals surface area contributed by atoms with E-state index in [1.807, 2.05) is 50.2 Å². The Hall–Kier alpha value is -3.33. The summed E-state index contributed by atoms with van der Waals surface area (Å²) in [6.07, 6.45) is 4.50. The molecule has 0 fully saturated rings. The van der Waals surface area contributed by atoms with Gasteiger partial charge in [0.25, 0.3) is 5.91 Å². The van der Waals surface area contributed by atoms with Gasteiger partial charge < -0.3 is 15.4 Å². The van der Waals surface area contributed by atoms with Gasteiger partial charge in [-0.05, 0) is 44.0 Å². The molecule has 2 N–H and O–H groups in total. The Morgan fingerprint density at radius 2 is 2.09 bits per heavy atom. The molecule has 166 valence electrons. The number of thioether (sulfide) groups is 1. The maximum absolute atomic E-state index is 13.6. The Bertz CT molecular complexity index is 1130. The van der Waals surface area contributed by atoms with E-state index in [-0.39, 0.29) is 5.91 Å². The second kappa shape index (κ2) is 9.86. The molecule has 3 aromatic rings. The number of ether oxygens (including phenoxy) is 1. The van der Waals surface area contributed by atoms with Crippen LogP contribution in [0.5, 0.6) is 5.75 Å². The molecule has 0 saturated heterocycles. The first-order valence-electron chi connectivity index (χ1n) is 10.6. The summed E-state index contributed by atoms with van der Waals surface area (Å²) in [4.78, 5) is 22.5. The smallest absolute Gasteiger partial charge is 0.255 e. The number of anilines is 2. The number of carbonyl (C=O) groups excluding carboxylic acids is 1. The SMILES string of the molecule is CCCSc1nc2n(n1)C(c1cccnc1)C(C(=O)Nc1ccccc1OCC)=C(C)N2. The van der Waals surface area contributed by atoms with Gasteiger partial charge in [0.15, 0.2) is 0 Å². The van der Waals surface area contributed by atoms with Crippen molar-refractivity contribution in [1.82, 2.24) is 19.7 Å². The first kappa shape index (κ1) is 21.9. The molecule has 4 rings (SSSR count). The number of amides is 1. The van der Waals surface area contributed by atoms with Crippen molar-refractivity contribution in [3.63, 3.8) is 0 Å². The molecule has 0 saturated carbocycles. The van der Waals surface area contributed by atoms with E-state index in [0.29, 0.717) is 34.7 Å². The Kier molecular flexibility index (Phi) is 6.75. The highest BCUT2D eigenvalue weighted by molar-refractivity contribution is 7.99. The molecule has 0 spiro atoms. The van der Waals surface area contributed by atoms with Crippen LogP contribution in [0.15, 0.2) is 65.2 Å². The lowest BCUT2D eigenvalue weighted by molar-refractivity contribution is -0.113. The lowest BCUT2D eigenvalue weighted by atomic mass is 9.96. The predicted octanol–water partition coefficient (Wildman–Crippen LogP) is 4.50. The van der Waals surface area contributed by atoms with E-state index in [1.165, 1.54) is 0 Å². The summed E-state index contributed by atoms with van der Waals surface area (Å²) >= 11 is 1.60. The van der Waals surface area contributed by atoms with Crippen LogP contribution in [-0.4, -0.2) is 38.0 Å². The zero-order valence-electron chi connectivity index (χ0n) is 18.3. The quantitative estimate of drug-likeness (QED) is 0.488. The number of hydrogen-bond acceptors (Lipinski definition) is 7. The number of fused-ring (bicyclic) bond motifs is 1. The van der Waals surface area contributed by atoms with Crippen LogP contribution in [0.4, 0.5) is 11.6 Å². The molecule has 2 aromatic heterocycles. The molecule has 0 radical (unpaired) electrons. The first-order valence-corrected chi connectivity index (χ1v) is 11.6. The molecule has 9 heteroatoms. The maximum atomic E-state index is 13.6. The number of hydrogen-bond donors (Lipinski definition) is 2. The van der Waals surface area contributed by atoms with Gasteiger partial charge >= 0.3 is 0 Å². The zero-order valence-corrected chi connectivity index (χ0v) is 19.1. The van der Waals surface area contributed by atoms with Gasteiger partial charge in [-0.1, -0.05) is 36.9 Å². The van der Waals surface area contributed by atoms with E-state index in [4.69, 9.17) is 9.84 Å². The lowest BCUT2D eigenvalue weighted by Crippen LogP contribution is -2.31. The normalized spacial score (nSPS) is 15.2. The fourth-order valence-corrected chi connectivity index (χ4v) is 4.25. The number of para-hydroxylation sites is 2. The van der Waals surface area contributed by atoms with Crippen molar-refractivity contribution in [2.45, 2.75) is 38.4 Å². The Morgan fingerprint density at radius 1 is 1.25 bits per heavy atom. The molecule has 32 heavy (non-hydrogen) atoms. The van der Waals surface area contributed by atoms with Gasteiger partial charge in [0, 0.05) is 23.8 Å². The van der Waals surface area contributed by atoms with Crippen LogP contribution < -0.4 is 15.4 Å². The third kappa shape index (κ3) is 4.47. The molecule has 1 aromatic carbocycles. The standard InChI is InChI=1S/C23H26N6O2S/c1-4-13-32-23-27-22-25-15(3)19(20(29(22)28-23)16-9-8-12-24-14-16)21(30)26-17-10-6-7-11-18(17)31-5-2/h6-12,14,20H,4-5,13H2,1-3H3,(H,26,30)(H,25,27,28). The summed E-state index contributed by atoms with van der Waals surface area (Å²) in [5.41, 5.74) is 2.74. The summed E-state index contributed by atoms with van der Waals surface area (Å²) in [5, 5.41) is 11.7. The number of nitrogens with one attached hydrogen (secondary N) is 2. The molecular weight excluding hydrogens is 424 g/mol. The minimum Gasteiger partial charge on any atom is -0.492 e. The molecule has 1 amide bonds. The topological polar surface area (TPSA) is 94.0 Å². The van der Waals surface area contributed by atoms with Crippen LogP contribution in [0.25, 0.3) is 0 Å². The highest BCUT2D eigenvalue weighted by Crippen LogP contribution is 2.37. The average Bonchev–Trinajstić information content (AvgIpc) is 3.21. The number of rotatable bonds is 8. The largest absolute Gasteiger partial charge is 0.492 e. The Balaban J connectivity index is 1.73. The summed E-state index contributed by atoms with van der Waals surface area (Å²) in [5.74, 6) is 1.93. The van der Waals surface area contributed by atoms with E-state index in [1.54, 1.807) is 28.8 Å².